The van der Waals surface area contributed by atoms with Crippen molar-refractivity contribution in [1.29, 1.82) is 0 Å². The van der Waals surface area contributed by atoms with Crippen molar-refractivity contribution in [1.82, 2.24) is 0 Å². The molecule has 0 heterocycles. The molecule has 0 amide bonds. The van der Waals surface area contributed by atoms with Crippen LogP contribution in [0.1, 0.15) is 10.4 Å². The van der Waals surface area contributed by atoms with Gasteiger partial charge in [0.25, 0.3) is 0 Å². The molecular formula is C17H13NO2. The number of rotatable bonds is 2. The summed E-state index contributed by atoms with van der Waals surface area (Å²) in [5.74, 6) is -0.939. The van der Waals surface area contributed by atoms with Crippen molar-refractivity contribution in [3.05, 3.63) is 66.2 Å². The molecule has 3 heteroatoms. The average molecular weight is 263 g/mol. The summed E-state index contributed by atoms with van der Waals surface area (Å²) in [5, 5.41) is 11.2. The Kier molecular flexibility index (Phi) is 2.88. The van der Waals surface area contributed by atoms with E-state index in [0.717, 1.165) is 21.9 Å². The Morgan fingerprint density at radius 2 is 1.60 bits per heavy atom. The van der Waals surface area contributed by atoms with Gasteiger partial charge >= 0.3 is 5.97 Å². The van der Waals surface area contributed by atoms with Gasteiger partial charge in [-0.2, -0.15) is 0 Å². The maximum absolute atomic E-state index is 11.1. The van der Waals surface area contributed by atoms with Crippen molar-refractivity contribution in [2.75, 3.05) is 5.73 Å². The molecule has 0 aliphatic carbocycles. The number of fused-ring (bicyclic) bond motifs is 1. The van der Waals surface area contributed by atoms with E-state index in [1.165, 1.54) is 0 Å². The molecule has 3 rings (SSSR count). The Morgan fingerprint density at radius 1 is 0.900 bits per heavy atom. The lowest BCUT2D eigenvalue weighted by atomic mass is 9.98. The monoisotopic (exact) mass is 263 g/mol. The summed E-state index contributed by atoms with van der Waals surface area (Å²) in [6, 6.07) is 18.7. The van der Waals surface area contributed by atoms with Crippen LogP contribution in [0.4, 0.5) is 5.69 Å². The van der Waals surface area contributed by atoms with E-state index in [4.69, 9.17) is 10.8 Å². The van der Waals surface area contributed by atoms with E-state index in [-0.39, 0.29) is 5.56 Å². The summed E-state index contributed by atoms with van der Waals surface area (Å²) in [6.45, 7) is 0. The van der Waals surface area contributed by atoms with Crippen LogP contribution in [0.25, 0.3) is 21.9 Å². The second-order valence-corrected chi connectivity index (χ2v) is 4.67. The first-order valence-electron chi connectivity index (χ1n) is 6.27. The van der Waals surface area contributed by atoms with Crippen LogP contribution < -0.4 is 5.73 Å². The van der Waals surface area contributed by atoms with Gasteiger partial charge in [0.15, 0.2) is 0 Å². The molecule has 0 atom stereocenters. The average Bonchev–Trinajstić information content (AvgIpc) is 2.46. The van der Waals surface area contributed by atoms with E-state index < -0.39 is 5.97 Å². The van der Waals surface area contributed by atoms with Gasteiger partial charge in [-0.25, -0.2) is 4.79 Å². The fourth-order valence-electron chi connectivity index (χ4n) is 2.33. The Bertz CT molecular complexity index is 809. The van der Waals surface area contributed by atoms with Gasteiger partial charge in [0.1, 0.15) is 0 Å². The molecule has 0 aromatic heterocycles. The van der Waals surface area contributed by atoms with Crippen molar-refractivity contribution in [2.45, 2.75) is 0 Å². The van der Waals surface area contributed by atoms with Crippen molar-refractivity contribution in [3.63, 3.8) is 0 Å². The Balaban J connectivity index is 2.21. The van der Waals surface area contributed by atoms with Gasteiger partial charge in [0.2, 0.25) is 0 Å². The van der Waals surface area contributed by atoms with Gasteiger partial charge in [0.05, 0.1) is 5.56 Å². The van der Waals surface area contributed by atoms with Crippen LogP contribution in [0.15, 0.2) is 60.7 Å². The third-order valence-corrected chi connectivity index (χ3v) is 3.34. The fourth-order valence-corrected chi connectivity index (χ4v) is 2.33. The van der Waals surface area contributed by atoms with E-state index in [2.05, 4.69) is 0 Å². The highest BCUT2D eigenvalue weighted by Gasteiger charge is 2.08. The molecule has 0 bridgehead atoms. The minimum absolute atomic E-state index is 0.259. The molecule has 0 radical (unpaired) electrons. The topological polar surface area (TPSA) is 63.3 Å². The fraction of sp³-hybridized carbons (Fsp3) is 0. The SMILES string of the molecule is Nc1cc2ccccc2cc1-c1cccc(C(=O)O)c1. The largest absolute Gasteiger partial charge is 0.478 e. The number of nitrogens with two attached hydrogens (primary N) is 1. The van der Waals surface area contributed by atoms with E-state index in [9.17, 15) is 4.79 Å². The number of anilines is 1. The van der Waals surface area contributed by atoms with E-state index in [1.807, 2.05) is 42.5 Å². The molecule has 3 N–H and O–H groups in total. The molecule has 0 saturated carbocycles. The number of benzene rings is 3. The summed E-state index contributed by atoms with van der Waals surface area (Å²) >= 11 is 0. The lowest BCUT2D eigenvalue weighted by Gasteiger charge is -2.09. The summed E-state index contributed by atoms with van der Waals surface area (Å²) in [7, 11) is 0. The molecule has 98 valence electrons. The van der Waals surface area contributed by atoms with Gasteiger partial charge in [0, 0.05) is 11.3 Å². The first-order valence-corrected chi connectivity index (χ1v) is 6.27. The number of hydrogen-bond acceptors (Lipinski definition) is 2. The summed E-state index contributed by atoms with van der Waals surface area (Å²) in [6.07, 6.45) is 0. The van der Waals surface area contributed by atoms with Crippen LogP contribution in [-0.2, 0) is 0 Å². The minimum atomic E-state index is -0.939. The van der Waals surface area contributed by atoms with Crippen LogP contribution in [0, 0.1) is 0 Å². The number of aromatic carboxylic acids is 1. The smallest absolute Gasteiger partial charge is 0.335 e. The van der Waals surface area contributed by atoms with Gasteiger partial charge in [-0.3, -0.25) is 0 Å². The normalized spacial score (nSPS) is 10.6. The van der Waals surface area contributed by atoms with Crippen molar-refractivity contribution >= 4 is 22.4 Å². The molecule has 3 aromatic rings. The van der Waals surface area contributed by atoms with Crippen LogP contribution in [0.2, 0.25) is 0 Å². The zero-order valence-electron chi connectivity index (χ0n) is 10.7. The zero-order valence-corrected chi connectivity index (χ0v) is 10.7. The van der Waals surface area contributed by atoms with Crippen LogP contribution in [0.5, 0.6) is 0 Å². The van der Waals surface area contributed by atoms with Crippen LogP contribution in [0.3, 0.4) is 0 Å². The molecule has 0 spiro atoms. The summed E-state index contributed by atoms with van der Waals surface area (Å²) in [4.78, 5) is 11.1. The second kappa shape index (κ2) is 4.70. The molecule has 3 aromatic carbocycles. The van der Waals surface area contributed by atoms with Crippen molar-refractivity contribution in [3.8, 4) is 11.1 Å². The maximum Gasteiger partial charge on any atom is 0.335 e. The molecule has 20 heavy (non-hydrogen) atoms. The quantitative estimate of drug-likeness (QED) is 0.691. The van der Waals surface area contributed by atoms with Gasteiger partial charge in [-0.1, -0.05) is 36.4 Å². The Morgan fingerprint density at radius 3 is 2.30 bits per heavy atom. The summed E-state index contributed by atoms with van der Waals surface area (Å²) in [5.41, 5.74) is 8.67. The number of carboxylic acids is 1. The van der Waals surface area contributed by atoms with Crippen LogP contribution >= 0.6 is 0 Å². The minimum Gasteiger partial charge on any atom is -0.478 e. The lowest BCUT2D eigenvalue weighted by Crippen LogP contribution is -1.97. The Hall–Kier alpha value is -2.81. The third-order valence-electron chi connectivity index (χ3n) is 3.34. The first kappa shape index (κ1) is 12.2. The zero-order chi connectivity index (χ0) is 14.1. The number of nitrogen functional groups attached to an aromatic ring is 1. The maximum atomic E-state index is 11.1. The highest BCUT2D eigenvalue weighted by atomic mass is 16.4. The predicted octanol–water partition coefficient (Wildman–Crippen LogP) is 3.79. The molecule has 0 aliphatic rings. The number of hydrogen-bond donors (Lipinski definition) is 2. The highest BCUT2D eigenvalue weighted by Crippen LogP contribution is 2.31. The molecule has 3 nitrogen and oxygen atoms in total. The van der Waals surface area contributed by atoms with Crippen molar-refractivity contribution < 1.29 is 9.90 Å². The van der Waals surface area contributed by atoms with Gasteiger partial charge in [-0.15, -0.1) is 0 Å². The van der Waals surface area contributed by atoms with Crippen LogP contribution in [-0.4, -0.2) is 11.1 Å². The van der Waals surface area contributed by atoms with E-state index in [1.54, 1.807) is 18.2 Å². The third kappa shape index (κ3) is 2.10. The Labute approximate surface area is 116 Å². The number of carbonyl (C=O) groups is 1. The van der Waals surface area contributed by atoms with Gasteiger partial charge in [-0.05, 0) is 40.6 Å². The lowest BCUT2D eigenvalue weighted by molar-refractivity contribution is 0.0697. The molecule has 0 aliphatic heterocycles. The van der Waals surface area contributed by atoms with E-state index >= 15 is 0 Å². The van der Waals surface area contributed by atoms with E-state index in [0.29, 0.717) is 5.69 Å². The molecule has 0 fully saturated rings. The second-order valence-electron chi connectivity index (χ2n) is 4.67. The molecule has 0 unspecified atom stereocenters. The highest BCUT2D eigenvalue weighted by molar-refractivity contribution is 5.95. The standard InChI is InChI=1S/C17H13NO2/c18-16-10-12-5-2-1-4-11(12)9-15(16)13-6-3-7-14(8-13)17(19)20/h1-10H,18H2,(H,19,20). The molecular weight excluding hydrogens is 250 g/mol. The summed E-state index contributed by atoms with van der Waals surface area (Å²) < 4.78 is 0. The number of carboxylic acid groups (broad SMARTS) is 1. The van der Waals surface area contributed by atoms with Gasteiger partial charge < -0.3 is 10.8 Å². The predicted molar refractivity (Wildman–Crippen MR) is 80.8 cm³/mol. The first-order chi connectivity index (χ1) is 9.65. The molecule has 0 saturated heterocycles. The van der Waals surface area contributed by atoms with Crippen molar-refractivity contribution in [2.24, 2.45) is 0 Å².